The first-order valence-electron chi connectivity index (χ1n) is 10.6. The molecule has 3 rings (SSSR count). The summed E-state index contributed by atoms with van der Waals surface area (Å²) in [5.74, 6) is 0.532. The number of carbonyl (C=O) groups excluding carboxylic acids is 2. The van der Waals surface area contributed by atoms with Gasteiger partial charge in [0, 0.05) is 5.39 Å². The molecule has 0 atom stereocenters. The Morgan fingerprint density at radius 3 is 2.28 bits per heavy atom. The van der Waals surface area contributed by atoms with Gasteiger partial charge in [0.25, 0.3) is 11.1 Å². The number of unbranched alkanes of at least 4 members (excludes halogenated alkanes) is 7. The fourth-order valence-electron chi connectivity index (χ4n) is 3.53. The van der Waals surface area contributed by atoms with Gasteiger partial charge >= 0.3 is 0 Å². The first-order chi connectivity index (χ1) is 14.2. The third kappa shape index (κ3) is 6.10. The number of hydrogen-bond donors (Lipinski definition) is 1. The highest BCUT2D eigenvalue weighted by molar-refractivity contribution is 8.18. The zero-order chi connectivity index (χ0) is 20.5. The number of carbonyl (C=O) groups is 2. The zero-order valence-corrected chi connectivity index (χ0v) is 17.9. The quantitative estimate of drug-likeness (QED) is 0.331. The van der Waals surface area contributed by atoms with Crippen LogP contribution in [-0.2, 0) is 4.79 Å². The van der Waals surface area contributed by atoms with Crippen molar-refractivity contribution in [3.8, 4) is 5.75 Å². The van der Waals surface area contributed by atoms with E-state index in [2.05, 4.69) is 12.2 Å². The predicted molar refractivity (Wildman–Crippen MR) is 121 cm³/mol. The number of amides is 2. The molecule has 29 heavy (non-hydrogen) atoms. The molecule has 1 aliphatic heterocycles. The molecular formula is C24H29NO3S. The molecule has 5 heteroatoms. The largest absolute Gasteiger partial charge is 0.493 e. The van der Waals surface area contributed by atoms with Gasteiger partial charge in [0.05, 0.1) is 11.5 Å². The maximum absolute atomic E-state index is 11.8. The predicted octanol–water partition coefficient (Wildman–Crippen LogP) is 6.68. The fourth-order valence-corrected chi connectivity index (χ4v) is 4.20. The summed E-state index contributed by atoms with van der Waals surface area (Å²) in [5, 5.41) is 4.01. The Kier molecular flexibility index (Phi) is 8.17. The molecule has 0 radical (unpaired) electrons. The molecule has 0 spiro atoms. The Labute approximate surface area is 177 Å². The van der Waals surface area contributed by atoms with Crippen molar-refractivity contribution >= 4 is 39.8 Å². The number of nitrogens with one attached hydrogen (secondary N) is 1. The van der Waals surface area contributed by atoms with Crippen LogP contribution in [0.3, 0.4) is 0 Å². The van der Waals surface area contributed by atoms with Crippen molar-refractivity contribution in [2.45, 2.75) is 58.3 Å². The van der Waals surface area contributed by atoms with Crippen molar-refractivity contribution in [3.05, 3.63) is 46.9 Å². The average Bonchev–Trinajstić information content (AvgIpc) is 3.04. The number of benzene rings is 2. The van der Waals surface area contributed by atoms with Crippen molar-refractivity contribution in [2.24, 2.45) is 0 Å². The normalized spacial score (nSPS) is 15.3. The van der Waals surface area contributed by atoms with Crippen LogP contribution in [0.2, 0.25) is 0 Å². The smallest absolute Gasteiger partial charge is 0.290 e. The minimum absolute atomic E-state index is 0.323. The van der Waals surface area contributed by atoms with Crippen LogP contribution in [0, 0.1) is 0 Å². The van der Waals surface area contributed by atoms with E-state index < -0.39 is 0 Å². The van der Waals surface area contributed by atoms with Crippen molar-refractivity contribution in [2.75, 3.05) is 6.61 Å². The molecule has 1 aliphatic rings. The first kappa shape index (κ1) is 21.4. The van der Waals surface area contributed by atoms with Gasteiger partial charge in [-0.25, -0.2) is 0 Å². The third-order valence-electron chi connectivity index (χ3n) is 5.10. The SMILES string of the molecule is CCCCCCCCCCOc1ccc(C=C2SC(=O)NC2=O)c2ccccc12. The molecule has 0 bridgehead atoms. The van der Waals surface area contributed by atoms with E-state index in [4.69, 9.17) is 4.74 Å². The Morgan fingerprint density at radius 1 is 0.897 bits per heavy atom. The second-order valence-corrected chi connectivity index (χ2v) is 8.39. The minimum Gasteiger partial charge on any atom is -0.493 e. The lowest BCUT2D eigenvalue weighted by atomic mass is 10.0. The van der Waals surface area contributed by atoms with E-state index in [0.29, 0.717) is 11.5 Å². The van der Waals surface area contributed by atoms with Crippen LogP contribution in [0.15, 0.2) is 41.3 Å². The van der Waals surface area contributed by atoms with Gasteiger partial charge < -0.3 is 4.74 Å². The van der Waals surface area contributed by atoms with E-state index in [0.717, 1.165) is 40.3 Å². The summed E-state index contributed by atoms with van der Waals surface area (Å²) >= 11 is 0.939. The highest BCUT2D eigenvalue weighted by Crippen LogP contribution is 2.32. The van der Waals surface area contributed by atoms with Gasteiger partial charge in [0.1, 0.15) is 5.75 Å². The van der Waals surface area contributed by atoms with E-state index in [1.165, 1.54) is 44.9 Å². The van der Waals surface area contributed by atoms with Crippen molar-refractivity contribution in [1.82, 2.24) is 5.32 Å². The highest BCUT2D eigenvalue weighted by atomic mass is 32.2. The van der Waals surface area contributed by atoms with E-state index in [-0.39, 0.29) is 11.1 Å². The number of imide groups is 1. The first-order valence-corrected chi connectivity index (χ1v) is 11.4. The molecule has 1 N–H and O–H groups in total. The van der Waals surface area contributed by atoms with E-state index in [1.807, 2.05) is 36.4 Å². The molecule has 1 heterocycles. The summed E-state index contributed by atoms with van der Waals surface area (Å²) in [7, 11) is 0. The topological polar surface area (TPSA) is 55.4 Å². The molecule has 2 amide bonds. The average molecular weight is 412 g/mol. The fraction of sp³-hybridized carbons (Fsp3) is 0.417. The molecular weight excluding hydrogens is 382 g/mol. The molecule has 0 aromatic heterocycles. The van der Waals surface area contributed by atoms with Crippen LogP contribution in [0.25, 0.3) is 16.8 Å². The van der Waals surface area contributed by atoms with Crippen LogP contribution in [0.4, 0.5) is 4.79 Å². The third-order valence-corrected chi connectivity index (χ3v) is 5.91. The molecule has 154 valence electrons. The number of ether oxygens (including phenoxy) is 1. The number of thioether (sulfide) groups is 1. The monoisotopic (exact) mass is 411 g/mol. The second-order valence-electron chi connectivity index (χ2n) is 7.37. The molecule has 0 aliphatic carbocycles. The molecule has 2 aromatic rings. The molecule has 0 saturated carbocycles. The highest BCUT2D eigenvalue weighted by Gasteiger charge is 2.25. The second kappa shape index (κ2) is 11.1. The molecule has 1 fully saturated rings. The van der Waals surface area contributed by atoms with E-state index >= 15 is 0 Å². The number of hydrogen-bond acceptors (Lipinski definition) is 4. The van der Waals surface area contributed by atoms with Gasteiger partial charge in [-0.05, 0) is 41.3 Å². The van der Waals surface area contributed by atoms with Crippen LogP contribution < -0.4 is 10.1 Å². The van der Waals surface area contributed by atoms with Gasteiger partial charge in [-0.2, -0.15) is 0 Å². The van der Waals surface area contributed by atoms with Gasteiger partial charge in [-0.15, -0.1) is 0 Å². The summed E-state index contributed by atoms with van der Waals surface area (Å²) in [5.41, 5.74) is 0.910. The zero-order valence-electron chi connectivity index (χ0n) is 17.0. The molecule has 0 unspecified atom stereocenters. The van der Waals surface area contributed by atoms with E-state index in [9.17, 15) is 9.59 Å². The van der Waals surface area contributed by atoms with Crippen molar-refractivity contribution in [3.63, 3.8) is 0 Å². The maximum atomic E-state index is 11.8. The summed E-state index contributed by atoms with van der Waals surface area (Å²) in [6.07, 6.45) is 12.0. The van der Waals surface area contributed by atoms with Crippen LogP contribution in [0.1, 0.15) is 63.9 Å². The van der Waals surface area contributed by atoms with Crippen LogP contribution in [-0.4, -0.2) is 17.8 Å². The lowest BCUT2D eigenvalue weighted by Crippen LogP contribution is -2.17. The summed E-state index contributed by atoms with van der Waals surface area (Å²) in [6.45, 7) is 2.96. The Balaban J connectivity index is 1.59. The standard InChI is InChI=1S/C24H29NO3S/c1-2-3-4-5-6-7-8-11-16-28-21-15-14-18(19-12-9-10-13-20(19)21)17-22-23(26)25-24(27)29-22/h9-10,12-15,17H,2-8,11,16H2,1H3,(H,25,26,27). The number of fused-ring (bicyclic) bond motifs is 1. The molecule has 1 saturated heterocycles. The van der Waals surface area contributed by atoms with Gasteiger partial charge in [-0.1, -0.05) is 82.2 Å². The van der Waals surface area contributed by atoms with Gasteiger partial charge in [0.15, 0.2) is 0 Å². The Bertz CT molecular complexity index is 891. The van der Waals surface area contributed by atoms with Gasteiger partial charge in [-0.3, -0.25) is 14.9 Å². The van der Waals surface area contributed by atoms with Gasteiger partial charge in [0.2, 0.25) is 0 Å². The van der Waals surface area contributed by atoms with Crippen molar-refractivity contribution < 1.29 is 14.3 Å². The summed E-state index contributed by atoms with van der Waals surface area (Å²) in [6, 6.07) is 11.9. The minimum atomic E-state index is -0.334. The lowest BCUT2D eigenvalue weighted by Gasteiger charge is -2.11. The number of rotatable bonds is 11. The van der Waals surface area contributed by atoms with E-state index in [1.54, 1.807) is 6.08 Å². The van der Waals surface area contributed by atoms with Crippen LogP contribution in [0.5, 0.6) is 5.75 Å². The van der Waals surface area contributed by atoms with Crippen LogP contribution >= 0.6 is 11.8 Å². The lowest BCUT2D eigenvalue weighted by molar-refractivity contribution is -0.115. The van der Waals surface area contributed by atoms with Crippen molar-refractivity contribution in [1.29, 1.82) is 0 Å². The summed E-state index contributed by atoms with van der Waals surface area (Å²) < 4.78 is 6.07. The maximum Gasteiger partial charge on any atom is 0.290 e. The Morgan fingerprint density at radius 2 is 1.59 bits per heavy atom. The Hall–Kier alpha value is -2.27. The molecule has 2 aromatic carbocycles. The molecule has 4 nitrogen and oxygen atoms in total. The summed E-state index contributed by atoms with van der Waals surface area (Å²) in [4.78, 5) is 23.7.